The molecule has 0 N–H and O–H groups in total. The summed E-state index contributed by atoms with van der Waals surface area (Å²) in [5.74, 6) is 0. The lowest BCUT2D eigenvalue weighted by Gasteiger charge is -2.35. The third-order valence-corrected chi connectivity index (χ3v) is 4.93. The van der Waals surface area contributed by atoms with Crippen LogP contribution in [0, 0.1) is 6.92 Å². The van der Waals surface area contributed by atoms with E-state index in [1.807, 2.05) is 12.1 Å². The molecule has 0 amide bonds. The third kappa shape index (κ3) is 3.12. The van der Waals surface area contributed by atoms with Crippen LogP contribution in [0.25, 0.3) is 5.65 Å². The quantitative estimate of drug-likeness (QED) is 0.727. The molecule has 0 atom stereocenters. The van der Waals surface area contributed by atoms with Crippen LogP contribution in [-0.2, 0) is 6.54 Å². The minimum atomic E-state index is 0.791. The Hall–Kier alpha value is -2.04. The molecule has 0 radical (unpaired) electrons. The van der Waals surface area contributed by atoms with Crippen molar-refractivity contribution in [1.29, 1.82) is 0 Å². The molecular weight excluding hydrogens is 320 g/mol. The van der Waals surface area contributed by atoms with Gasteiger partial charge in [0.15, 0.2) is 0 Å². The highest BCUT2D eigenvalue weighted by atomic mass is 35.5. The number of aromatic nitrogens is 2. The van der Waals surface area contributed by atoms with E-state index >= 15 is 0 Å². The Balaban J connectivity index is 1.40. The van der Waals surface area contributed by atoms with Gasteiger partial charge in [0.05, 0.1) is 5.69 Å². The molecule has 3 heterocycles. The monoisotopic (exact) mass is 340 g/mol. The minimum absolute atomic E-state index is 0.791. The summed E-state index contributed by atoms with van der Waals surface area (Å²) in [4.78, 5) is 9.68. The van der Waals surface area contributed by atoms with Gasteiger partial charge < -0.3 is 9.30 Å². The van der Waals surface area contributed by atoms with Crippen LogP contribution in [0.1, 0.15) is 11.3 Å². The van der Waals surface area contributed by atoms with E-state index in [0.717, 1.165) is 49.1 Å². The Kier molecular flexibility index (Phi) is 4.17. The second-order valence-electron chi connectivity index (χ2n) is 6.39. The standard InChI is InChI=1S/C19H21ClN4/c1-15-3-2-8-24-14-17(21-19(15)24)13-22-9-11-23(12-10-22)18-6-4-16(20)5-7-18/h2-8,14H,9-13H2,1H3. The summed E-state index contributed by atoms with van der Waals surface area (Å²) in [6.07, 6.45) is 4.21. The molecule has 5 heteroatoms. The third-order valence-electron chi connectivity index (χ3n) is 4.68. The number of hydrogen-bond donors (Lipinski definition) is 0. The molecule has 3 aromatic rings. The summed E-state index contributed by atoms with van der Waals surface area (Å²) >= 11 is 5.97. The molecule has 2 aromatic heterocycles. The van der Waals surface area contributed by atoms with Gasteiger partial charge in [-0.25, -0.2) is 4.98 Å². The first-order chi connectivity index (χ1) is 11.7. The zero-order valence-electron chi connectivity index (χ0n) is 13.8. The molecule has 0 saturated carbocycles. The van der Waals surface area contributed by atoms with E-state index in [4.69, 9.17) is 16.6 Å². The fraction of sp³-hybridized carbons (Fsp3) is 0.316. The van der Waals surface area contributed by atoms with Gasteiger partial charge in [-0.1, -0.05) is 17.7 Å². The highest BCUT2D eigenvalue weighted by Gasteiger charge is 2.18. The summed E-state index contributed by atoms with van der Waals surface area (Å²) in [6, 6.07) is 12.3. The number of hydrogen-bond acceptors (Lipinski definition) is 3. The zero-order chi connectivity index (χ0) is 16.5. The average molecular weight is 341 g/mol. The van der Waals surface area contributed by atoms with E-state index in [9.17, 15) is 0 Å². The maximum absolute atomic E-state index is 5.97. The fourth-order valence-electron chi connectivity index (χ4n) is 3.33. The van der Waals surface area contributed by atoms with Crippen molar-refractivity contribution in [2.24, 2.45) is 0 Å². The summed E-state index contributed by atoms with van der Waals surface area (Å²) in [6.45, 7) is 7.19. The van der Waals surface area contributed by atoms with Crippen LogP contribution in [0.15, 0.2) is 48.8 Å². The van der Waals surface area contributed by atoms with Crippen LogP contribution in [0.5, 0.6) is 0 Å². The van der Waals surface area contributed by atoms with Gasteiger partial charge in [0.25, 0.3) is 0 Å². The maximum atomic E-state index is 5.97. The SMILES string of the molecule is Cc1cccn2cc(CN3CCN(c4ccc(Cl)cc4)CC3)nc12. The van der Waals surface area contributed by atoms with Gasteiger partial charge in [0, 0.05) is 55.8 Å². The van der Waals surface area contributed by atoms with E-state index in [1.54, 1.807) is 0 Å². The fourth-order valence-corrected chi connectivity index (χ4v) is 3.45. The molecule has 1 aliphatic rings. The Labute approximate surface area is 147 Å². The Bertz CT molecular complexity index is 832. The van der Waals surface area contributed by atoms with Crippen LogP contribution in [0.4, 0.5) is 5.69 Å². The van der Waals surface area contributed by atoms with Gasteiger partial charge >= 0.3 is 0 Å². The summed E-state index contributed by atoms with van der Waals surface area (Å²) in [5, 5.41) is 0.791. The Morgan fingerprint density at radius 3 is 2.50 bits per heavy atom. The van der Waals surface area contributed by atoms with Crippen molar-refractivity contribution in [3.8, 4) is 0 Å². The Morgan fingerprint density at radius 1 is 1.04 bits per heavy atom. The number of piperazine rings is 1. The lowest BCUT2D eigenvalue weighted by Crippen LogP contribution is -2.46. The molecule has 24 heavy (non-hydrogen) atoms. The number of aryl methyl sites for hydroxylation is 1. The molecule has 0 aliphatic carbocycles. The first-order valence-electron chi connectivity index (χ1n) is 8.35. The normalized spacial score (nSPS) is 16.0. The van der Waals surface area contributed by atoms with Gasteiger partial charge in [-0.3, -0.25) is 4.90 Å². The van der Waals surface area contributed by atoms with Crippen molar-refractivity contribution in [3.63, 3.8) is 0 Å². The zero-order valence-corrected chi connectivity index (χ0v) is 14.6. The molecule has 4 rings (SSSR count). The number of nitrogens with zero attached hydrogens (tertiary/aromatic N) is 4. The van der Waals surface area contributed by atoms with Crippen molar-refractivity contribution >= 4 is 22.9 Å². The smallest absolute Gasteiger partial charge is 0.139 e. The predicted molar refractivity (Wildman–Crippen MR) is 98.9 cm³/mol. The van der Waals surface area contributed by atoms with E-state index in [-0.39, 0.29) is 0 Å². The minimum Gasteiger partial charge on any atom is -0.369 e. The van der Waals surface area contributed by atoms with Gasteiger partial charge in [-0.05, 0) is 42.8 Å². The molecule has 0 spiro atoms. The first-order valence-corrected chi connectivity index (χ1v) is 8.73. The van der Waals surface area contributed by atoms with Gasteiger partial charge in [0.2, 0.25) is 0 Å². The topological polar surface area (TPSA) is 23.8 Å². The summed E-state index contributed by atoms with van der Waals surface area (Å²) in [5.41, 5.74) is 4.68. The van der Waals surface area contributed by atoms with Crippen molar-refractivity contribution < 1.29 is 0 Å². The van der Waals surface area contributed by atoms with Crippen molar-refractivity contribution in [2.75, 3.05) is 31.1 Å². The molecule has 0 bridgehead atoms. The summed E-state index contributed by atoms with van der Waals surface area (Å²) in [7, 11) is 0. The molecule has 4 nitrogen and oxygen atoms in total. The molecule has 0 unspecified atom stereocenters. The number of halogens is 1. The van der Waals surface area contributed by atoms with Crippen LogP contribution in [-0.4, -0.2) is 40.5 Å². The molecule has 124 valence electrons. The highest BCUT2D eigenvalue weighted by Crippen LogP contribution is 2.20. The number of benzene rings is 1. The van der Waals surface area contributed by atoms with Gasteiger partial charge in [-0.2, -0.15) is 0 Å². The highest BCUT2D eigenvalue weighted by molar-refractivity contribution is 6.30. The Morgan fingerprint density at radius 2 is 1.79 bits per heavy atom. The molecule has 1 aliphatic heterocycles. The average Bonchev–Trinajstić information content (AvgIpc) is 3.00. The van der Waals surface area contributed by atoms with Crippen LogP contribution in [0.3, 0.4) is 0 Å². The molecule has 1 fully saturated rings. The van der Waals surface area contributed by atoms with Crippen LogP contribution >= 0.6 is 11.6 Å². The van der Waals surface area contributed by atoms with Gasteiger partial charge in [0.1, 0.15) is 5.65 Å². The van der Waals surface area contributed by atoms with E-state index < -0.39 is 0 Å². The van der Waals surface area contributed by atoms with Crippen molar-refractivity contribution in [1.82, 2.24) is 14.3 Å². The summed E-state index contributed by atoms with van der Waals surface area (Å²) < 4.78 is 2.12. The number of anilines is 1. The van der Waals surface area contributed by atoms with Crippen molar-refractivity contribution in [3.05, 3.63) is 65.1 Å². The van der Waals surface area contributed by atoms with Crippen molar-refractivity contribution in [2.45, 2.75) is 13.5 Å². The molecular formula is C19H21ClN4. The lowest BCUT2D eigenvalue weighted by molar-refractivity contribution is 0.247. The van der Waals surface area contributed by atoms with Crippen LogP contribution < -0.4 is 4.90 Å². The number of fused-ring (bicyclic) bond motifs is 1. The maximum Gasteiger partial charge on any atom is 0.139 e. The predicted octanol–water partition coefficient (Wildman–Crippen LogP) is 3.62. The van der Waals surface area contributed by atoms with E-state index in [1.165, 1.54) is 11.3 Å². The largest absolute Gasteiger partial charge is 0.369 e. The molecule has 1 saturated heterocycles. The first kappa shape index (κ1) is 15.5. The van der Waals surface area contributed by atoms with E-state index in [0.29, 0.717) is 0 Å². The second kappa shape index (κ2) is 6.46. The molecule has 1 aromatic carbocycles. The number of pyridine rings is 1. The van der Waals surface area contributed by atoms with E-state index in [2.05, 4.69) is 57.8 Å². The van der Waals surface area contributed by atoms with Crippen LogP contribution in [0.2, 0.25) is 5.02 Å². The lowest BCUT2D eigenvalue weighted by atomic mass is 10.2. The second-order valence-corrected chi connectivity index (χ2v) is 6.83. The van der Waals surface area contributed by atoms with Gasteiger partial charge in [-0.15, -0.1) is 0 Å². The number of imidazole rings is 1. The number of rotatable bonds is 3.